The molecule has 1 saturated heterocycles. The van der Waals surface area contributed by atoms with Crippen LogP contribution in [0.15, 0.2) is 24.5 Å². The van der Waals surface area contributed by atoms with Crippen molar-refractivity contribution >= 4 is 11.7 Å². The van der Waals surface area contributed by atoms with Crippen molar-refractivity contribution in [2.45, 2.75) is 44.9 Å². The standard InChI is InChI=1S/C20H27N5O/c1-15-6-5-9-21-19(15)24-10-12-25(13-11-24)20(26)17-14-22-23-18(17)16-7-3-2-4-8-16/h5-6,9,14,16H,2-4,7-8,10-13H2,1H3,(H,22,23). The maximum atomic E-state index is 13.1. The van der Waals surface area contributed by atoms with Crippen LogP contribution in [0.3, 0.4) is 0 Å². The molecule has 2 aromatic heterocycles. The van der Waals surface area contributed by atoms with Gasteiger partial charge in [-0.2, -0.15) is 5.10 Å². The largest absolute Gasteiger partial charge is 0.353 e. The third-order valence-electron chi connectivity index (χ3n) is 5.76. The van der Waals surface area contributed by atoms with E-state index in [9.17, 15) is 4.79 Å². The molecule has 26 heavy (non-hydrogen) atoms. The summed E-state index contributed by atoms with van der Waals surface area (Å²) in [6, 6.07) is 4.05. The van der Waals surface area contributed by atoms with Crippen LogP contribution < -0.4 is 4.90 Å². The number of nitrogens with zero attached hydrogens (tertiary/aromatic N) is 4. The lowest BCUT2D eigenvalue weighted by Gasteiger charge is -2.36. The van der Waals surface area contributed by atoms with Gasteiger partial charge < -0.3 is 9.80 Å². The molecule has 1 aliphatic carbocycles. The van der Waals surface area contributed by atoms with Gasteiger partial charge in [0, 0.05) is 38.3 Å². The van der Waals surface area contributed by atoms with E-state index in [1.54, 1.807) is 6.20 Å². The second kappa shape index (κ2) is 7.48. The van der Waals surface area contributed by atoms with E-state index in [4.69, 9.17) is 0 Å². The number of carbonyl (C=O) groups excluding carboxylic acids is 1. The van der Waals surface area contributed by atoms with Crippen molar-refractivity contribution in [3.05, 3.63) is 41.3 Å². The molecule has 0 atom stereocenters. The Balaban J connectivity index is 1.43. The van der Waals surface area contributed by atoms with Crippen molar-refractivity contribution in [3.8, 4) is 0 Å². The fraction of sp³-hybridized carbons (Fsp3) is 0.550. The molecule has 6 nitrogen and oxygen atoms in total. The summed E-state index contributed by atoms with van der Waals surface area (Å²) < 4.78 is 0. The molecule has 2 fully saturated rings. The van der Waals surface area contributed by atoms with Gasteiger partial charge in [0.05, 0.1) is 17.5 Å². The van der Waals surface area contributed by atoms with Crippen molar-refractivity contribution < 1.29 is 4.79 Å². The molecule has 6 heteroatoms. The molecule has 3 heterocycles. The summed E-state index contributed by atoms with van der Waals surface area (Å²) >= 11 is 0. The van der Waals surface area contributed by atoms with E-state index in [1.165, 1.54) is 24.8 Å². The Labute approximate surface area is 154 Å². The van der Waals surface area contributed by atoms with E-state index < -0.39 is 0 Å². The second-order valence-corrected chi connectivity index (χ2v) is 7.46. The third kappa shape index (κ3) is 3.32. The number of aryl methyl sites for hydroxylation is 1. The Hall–Kier alpha value is -2.37. The van der Waals surface area contributed by atoms with E-state index in [-0.39, 0.29) is 5.91 Å². The molecule has 0 bridgehead atoms. The Morgan fingerprint density at radius 3 is 2.65 bits per heavy atom. The molecule has 0 radical (unpaired) electrons. The number of nitrogens with one attached hydrogen (secondary N) is 1. The zero-order chi connectivity index (χ0) is 17.9. The summed E-state index contributed by atoms with van der Waals surface area (Å²) in [5.74, 6) is 1.62. The number of aromatic nitrogens is 3. The van der Waals surface area contributed by atoms with Crippen LogP contribution >= 0.6 is 0 Å². The van der Waals surface area contributed by atoms with Crippen LogP contribution in [0.25, 0.3) is 0 Å². The van der Waals surface area contributed by atoms with Gasteiger partial charge in [-0.25, -0.2) is 4.98 Å². The first-order valence-electron chi connectivity index (χ1n) is 9.73. The fourth-order valence-corrected chi connectivity index (χ4v) is 4.27. The lowest BCUT2D eigenvalue weighted by Crippen LogP contribution is -2.49. The van der Waals surface area contributed by atoms with Gasteiger partial charge >= 0.3 is 0 Å². The topological polar surface area (TPSA) is 65.1 Å². The molecule has 1 saturated carbocycles. The summed E-state index contributed by atoms with van der Waals surface area (Å²) in [5, 5.41) is 7.31. The number of amides is 1. The van der Waals surface area contributed by atoms with Crippen LogP contribution in [0, 0.1) is 6.92 Å². The van der Waals surface area contributed by atoms with Crippen molar-refractivity contribution in [1.29, 1.82) is 0 Å². The maximum absolute atomic E-state index is 13.1. The predicted octanol–water partition coefficient (Wildman–Crippen LogP) is 3.12. The average Bonchev–Trinajstić information content (AvgIpc) is 3.18. The van der Waals surface area contributed by atoms with Crippen molar-refractivity contribution in [2.75, 3.05) is 31.1 Å². The van der Waals surface area contributed by atoms with Crippen molar-refractivity contribution in [2.24, 2.45) is 0 Å². The van der Waals surface area contributed by atoms with E-state index in [0.717, 1.165) is 56.1 Å². The van der Waals surface area contributed by atoms with E-state index in [2.05, 4.69) is 33.1 Å². The highest BCUT2D eigenvalue weighted by molar-refractivity contribution is 5.95. The highest BCUT2D eigenvalue weighted by Gasteiger charge is 2.28. The number of piperazine rings is 1. The molecule has 1 N–H and O–H groups in total. The second-order valence-electron chi connectivity index (χ2n) is 7.46. The van der Waals surface area contributed by atoms with E-state index in [0.29, 0.717) is 5.92 Å². The molecular weight excluding hydrogens is 326 g/mol. The molecule has 138 valence electrons. The molecule has 0 spiro atoms. The van der Waals surface area contributed by atoms with Crippen molar-refractivity contribution in [3.63, 3.8) is 0 Å². The minimum atomic E-state index is 0.122. The van der Waals surface area contributed by atoms with Crippen LogP contribution in [-0.2, 0) is 0 Å². The van der Waals surface area contributed by atoms with Gasteiger partial charge in [0.2, 0.25) is 0 Å². The molecule has 4 rings (SSSR count). The first kappa shape index (κ1) is 17.1. The third-order valence-corrected chi connectivity index (χ3v) is 5.76. The normalized spacial score (nSPS) is 19.0. The number of hydrogen-bond acceptors (Lipinski definition) is 4. The van der Waals surface area contributed by atoms with Crippen molar-refractivity contribution in [1.82, 2.24) is 20.1 Å². The smallest absolute Gasteiger partial charge is 0.257 e. The molecular formula is C20H27N5O. The number of H-pyrrole nitrogens is 1. The monoisotopic (exact) mass is 353 g/mol. The minimum Gasteiger partial charge on any atom is -0.353 e. The quantitative estimate of drug-likeness (QED) is 0.921. The van der Waals surface area contributed by atoms with Crippen LogP contribution in [-0.4, -0.2) is 52.2 Å². The number of hydrogen-bond donors (Lipinski definition) is 1. The van der Waals surface area contributed by atoms with Gasteiger partial charge in [0.1, 0.15) is 5.82 Å². The Morgan fingerprint density at radius 1 is 1.15 bits per heavy atom. The number of aromatic amines is 1. The maximum Gasteiger partial charge on any atom is 0.257 e. The molecule has 0 unspecified atom stereocenters. The van der Waals surface area contributed by atoms with E-state index in [1.807, 2.05) is 17.2 Å². The van der Waals surface area contributed by atoms with Gasteiger partial charge in [-0.15, -0.1) is 0 Å². The van der Waals surface area contributed by atoms with Crippen LogP contribution in [0.4, 0.5) is 5.82 Å². The molecule has 2 aromatic rings. The first-order valence-corrected chi connectivity index (χ1v) is 9.73. The van der Waals surface area contributed by atoms with Crippen LogP contribution in [0.5, 0.6) is 0 Å². The highest BCUT2D eigenvalue weighted by Crippen LogP contribution is 2.33. The van der Waals surface area contributed by atoms with Gasteiger partial charge in [-0.05, 0) is 31.4 Å². The predicted molar refractivity (Wildman–Crippen MR) is 102 cm³/mol. The zero-order valence-corrected chi connectivity index (χ0v) is 15.4. The molecule has 2 aliphatic rings. The summed E-state index contributed by atoms with van der Waals surface area (Å²) in [7, 11) is 0. The van der Waals surface area contributed by atoms with Gasteiger partial charge in [0.25, 0.3) is 5.91 Å². The van der Waals surface area contributed by atoms with Crippen LogP contribution in [0.2, 0.25) is 0 Å². The SMILES string of the molecule is Cc1cccnc1N1CCN(C(=O)c2cn[nH]c2C2CCCCC2)CC1. The molecule has 1 aliphatic heterocycles. The fourth-order valence-electron chi connectivity index (χ4n) is 4.27. The first-order chi connectivity index (χ1) is 12.7. The summed E-state index contributed by atoms with van der Waals surface area (Å²) in [4.78, 5) is 21.8. The summed E-state index contributed by atoms with van der Waals surface area (Å²) in [6.45, 7) is 5.18. The summed E-state index contributed by atoms with van der Waals surface area (Å²) in [6.07, 6.45) is 9.69. The number of anilines is 1. The molecule has 1 amide bonds. The number of rotatable bonds is 3. The van der Waals surface area contributed by atoms with Gasteiger partial charge in [-0.3, -0.25) is 9.89 Å². The lowest BCUT2D eigenvalue weighted by atomic mass is 9.85. The zero-order valence-electron chi connectivity index (χ0n) is 15.4. The Kier molecular flexibility index (Phi) is 4.91. The Morgan fingerprint density at radius 2 is 1.92 bits per heavy atom. The van der Waals surface area contributed by atoms with Crippen LogP contribution in [0.1, 0.15) is 59.6 Å². The Bertz CT molecular complexity index is 757. The minimum absolute atomic E-state index is 0.122. The number of carbonyl (C=O) groups is 1. The number of pyridine rings is 1. The van der Waals surface area contributed by atoms with Gasteiger partial charge in [0.15, 0.2) is 0 Å². The molecule has 0 aromatic carbocycles. The highest BCUT2D eigenvalue weighted by atomic mass is 16.2. The summed E-state index contributed by atoms with van der Waals surface area (Å²) in [5.41, 5.74) is 3.01. The van der Waals surface area contributed by atoms with E-state index >= 15 is 0 Å². The van der Waals surface area contributed by atoms with Gasteiger partial charge in [-0.1, -0.05) is 25.3 Å². The lowest BCUT2D eigenvalue weighted by molar-refractivity contribution is 0.0744. The average molecular weight is 353 g/mol.